The zero-order chi connectivity index (χ0) is 10.3. The van der Waals surface area contributed by atoms with Crippen molar-refractivity contribution in [2.24, 2.45) is 18.0 Å². The summed E-state index contributed by atoms with van der Waals surface area (Å²) in [6, 6.07) is 0. The molecule has 1 fully saturated rings. The second kappa shape index (κ2) is 3.36. The molecule has 3 nitrogen and oxygen atoms in total. The molecule has 1 unspecified atom stereocenters. The van der Waals surface area contributed by atoms with Crippen molar-refractivity contribution in [2.75, 3.05) is 0 Å². The van der Waals surface area contributed by atoms with Crippen molar-refractivity contribution in [3.05, 3.63) is 16.4 Å². The topological polar surface area (TPSA) is 34.4 Å². The van der Waals surface area contributed by atoms with Gasteiger partial charge in [-0.25, -0.2) is 0 Å². The maximum atomic E-state index is 11.5. The Balaban J connectivity index is 2.21. The Bertz CT molecular complexity index is 435. The SMILES string of the molecule is Cn1ccsc1=NC(=O)C1CC1(Cl)Cl. The summed E-state index contributed by atoms with van der Waals surface area (Å²) >= 11 is 12.9. The second-order valence-electron chi connectivity index (χ2n) is 3.26. The average Bonchev–Trinajstić information content (AvgIpc) is 2.54. The van der Waals surface area contributed by atoms with Gasteiger partial charge in [-0.05, 0) is 6.42 Å². The maximum absolute atomic E-state index is 11.5. The summed E-state index contributed by atoms with van der Waals surface area (Å²) in [5.41, 5.74) is 0. The van der Waals surface area contributed by atoms with Gasteiger partial charge < -0.3 is 4.57 Å². The van der Waals surface area contributed by atoms with Crippen LogP contribution in [0.5, 0.6) is 0 Å². The lowest BCUT2D eigenvalue weighted by Gasteiger charge is -1.93. The molecule has 1 atom stereocenters. The Kier molecular flexibility index (Phi) is 2.45. The standard InChI is InChI=1S/C8H8Cl2N2OS/c1-12-2-3-14-7(12)11-6(13)5-4-8(5,9)10/h2-3,5H,4H2,1H3. The normalized spacial score (nSPS) is 25.1. The van der Waals surface area contributed by atoms with Gasteiger partial charge in [-0.15, -0.1) is 34.5 Å². The van der Waals surface area contributed by atoms with E-state index in [1.54, 1.807) is 4.57 Å². The molecule has 0 saturated heterocycles. The molecular weight excluding hydrogens is 243 g/mol. The lowest BCUT2D eigenvalue weighted by Crippen LogP contribution is -2.14. The van der Waals surface area contributed by atoms with Crippen LogP contribution in [-0.4, -0.2) is 14.8 Å². The first-order valence-electron chi connectivity index (χ1n) is 4.07. The molecule has 0 N–H and O–H groups in total. The van der Waals surface area contributed by atoms with Crippen LogP contribution < -0.4 is 4.80 Å². The molecule has 0 radical (unpaired) electrons. The molecule has 2 rings (SSSR count). The zero-order valence-corrected chi connectivity index (χ0v) is 9.73. The van der Waals surface area contributed by atoms with E-state index in [4.69, 9.17) is 23.2 Å². The third kappa shape index (κ3) is 1.87. The van der Waals surface area contributed by atoms with Gasteiger partial charge in [0.05, 0.1) is 5.92 Å². The number of thiazole rings is 1. The van der Waals surface area contributed by atoms with Gasteiger partial charge in [-0.2, -0.15) is 4.99 Å². The molecule has 1 amide bonds. The van der Waals surface area contributed by atoms with Gasteiger partial charge in [0.15, 0.2) is 4.80 Å². The molecule has 1 aliphatic carbocycles. The van der Waals surface area contributed by atoms with Crippen molar-refractivity contribution >= 4 is 40.4 Å². The summed E-state index contributed by atoms with van der Waals surface area (Å²) in [7, 11) is 1.84. The summed E-state index contributed by atoms with van der Waals surface area (Å²) in [4.78, 5) is 16.1. The van der Waals surface area contributed by atoms with E-state index in [-0.39, 0.29) is 11.8 Å². The van der Waals surface area contributed by atoms with Crippen LogP contribution in [0.25, 0.3) is 0 Å². The molecule has 1 aromatic rings. The van der Waals surface area contributed by atoms with Crippen LogP contribution in [0.4, 0.5) is 0 Å². The third-order valence-electron chi connectivity index (χ3n) is 2.09. The van der Waals surface area contributed by atoms with Gasteiger partial charge in [0.1, 0.15) is 4.33 Å². The highest BCUT2D eigenvalue weighted by Crippen LogP contribution is 2.53. The number of nitrogens with zero attached hydrogens (tertiary/aromatic N) is 2. The van der Waals surface area contributed by atoms with E-state index in [0.717, 1.165) is 0 Å². The first-order chi connectivity index (χ1) is 6.50. The summed E-state index contributed by atoms with van der Waals surface area (Å²) in [5, 5.41) is 1.87. The first kappa shape index (κ1) is 10.2. The Labute approximate surface area is 95.0 Å². The number of hydrogen-bond acceptors (Lipinski definition) is 2. The van der Waals surface area contributed by atoms with Crippen molar-refractivity contribution in [1.82, 2.24) is 4.57 Å². The lowest BCUT2D eigenvalue weighted by atomic mass is 10.4. The van der Waals surface area contributed by atoms with E-state index < -0.39 is 4.33 Å². The monoisotopic (exact) mass is 250 g/mol. The number of alkyl halides is 2. The largest absolute Gasteiger partial charge is 0.327 e. The Morgan fingerprint density at radius 1 is 1.79 bits per heavy atom. The fraction of sp³-hybridized carbons (Fsp3) is 0.500. The molecule has 0 bridgehead atoms. The van der Waals surface area contributed by atoms with Crippen LogP contribution >= 0.6 is 34.5 Å². The minimum atomic E-state index is -0.879. The van der Waals surface area contributed by atoms with E-state index in [9.17, 15) is 4.79 Å². The number of carbonyl (C=O) groups is 1. The summed E-state index contributed by atoms with van der Waals surface area (Å²) in [6.07, 6.45) is 2.35. The van der Waals surface area contributed by atoms with Gasteiger partial charge in [0, 0.05) is 18.6 Å². The number of aryl methyl sites for hydroxylation is 1. The molecule has 1 aliphatic rings. The molecule has 1 aromatic heterocycles. The van der Waals surface area contributed by atoms with Crippen LogP contribution in [0.1, 0.15) is 6.42 Å². The van der Waals surface area contributed by atoms with E-state index >= 15 is 0 Å². The molecular formula is C8H8Cl2N2OS. The minimum absolute atomic E-state index is 0.229. The van der Waals surface area contributed by atoms with Crippen LogP contribution in [0.15, 0.2) is 16.6 Å². The highest BCUT2D eigenvalue weighted by molar-refractivity contribution is 7.07. The number of carbonyl (C=O) groups excluding carboxylic acids is 1. The maximum Gasteiger partial charge on any atom is 0.254 e. The van der Waals surface area contributed by atoms with Gasteiger partial charge in [0.2, 0.25) is 0 Å². The molecule has 0 spiro atoms. The predicted octanol–water partition coefficient (Wildman–Crippen LogP) is 1.71. The third-order valence-corrected chi connectivity index (χ3v) is 3.77. The van der Waals surface area contributed by atoms with E-state index in [1.165, 1.54) is 11.3 Å². The fourth-order valence-electron chi connectivity index (χ4n) is 1.09. The number of hydrogen-bond donors (Lipinski definition) is 0. The van der Waals surface area contributed by atoms with E-state index in [2.05, 4.69) is 4.99 Å². The Hall–Kier alpha value is -0.320. The average molecular weight is 251 g/mol. The highest BCUT2D eigenvalue weighted by Gasteiger charge is 2.56. The lowest BCUT2D eigenvalue weighted by molar-refractivity contribution is -0.119. The Morgan fingerprint density at radius 3 is 2.86 bits per heavy atom. The first-order valence-corrected chi connectivity index (χ1v) is 5.71. The highest BCUT2D eigenvalue weighted by atomic mass is 35.5. The van der Waals surface area contributed by atoms with Crippen LogP contribution in [0.2, 0.25) is 0 Å². The van der Waals surface area contributed by atoms with Crippen LogP contribution in [0.3, 0.4) is 0 Å². The number of aromatic nitrogens is 1. The second-order valence-corrected chi connectivity index (χ2v) is 5.68. The predicted molar refractivity (Wildman–Crippen MR) is 56.4 cm³/mol. The molecule has 14 heavy (non-hydrogen) atoms. The van der Waals surface area contributed by atoms with Crippen molar-refractivity contribution in [3.8, 4) is 0 Å². The Morgan fingerprint density at radius 2 is 2.43 bits per heavy atom. The number of rotatable bonds is 1. The molecule has 6 heteroatoms. The quantitative estimate of drug-likeness (QED) is 0.699. The molecule has 76 valence electrons. The zero-order valence-electron chi connectivity index (χ0n) is 7.41. The fourth-order valence-corrected chi connectivity index (χ4v) is 2.32. The molecule has 0 aliphatic heterocycles. The van der Waals surface area contributed by atoms with Crippen molar-refractivity contribution < 1.29 is 4.79 Å². The van der Waals surface area contributed by atoms with Crippen molar-refractivity contribution in [2.45, 2.75) is 10.8 Å². The smallest absolute Gasteiger partial charge is 0.254 e. The van der Waals surface area contributed by atoms with Gasteiger partial charge in [-0.1, -0.05) is 0 Å². The minimum Gasteiger partial charge on any atom is -0.327 e. The van der Waals surface area contributed by atoms with Crippen molar-refractivity contribution in [1.29, 1.82) is 0 Å². The van der Waals surface area contributed by atoms with E-state index in [1.807, 2.05) is 18.6 Å². The number of amides is 1. The van der Waals surface area contributed by atoms with Gasteiger partial charge >= 0.3 is 0 Å². The molecule has 0 aromatic carbocycles. The summed E-state index contributed by atoms with van der Waals surface area (Å²) < 4.78 is 0.908. The van der Waals surface area contributed by atoms with Crippen LogP contribution in [0, 0.1) is 5.92 Å². The van der Waals surface area contributed by atoms with Gasteiger partial charge in [-0.3, -0.25) is 4.79 Å². The summed E-state index contributed by atoms with van der Waals surface area (Å²) in [5.74, 6) is -0.555. The van der Waals surface area contributed by atoms with E-state index in [0.29, 0.717) is 11.2 Å². The summed E-state index contributed by atoms with van der Waals surface area (Å²) in [6.45, 7) is 0. The molecule has 1 heterocycles. The molecule has 1 saturated carbocycles. The van der Waals surface area contributed by atoms with Crippen LogP contribution in [-0.2, 0) is 11.8 Å². The van der Waals surface area contributed by atoms with Crippen molar-refractivity contribution in [3.63, 3.8) is 0 Å². The van der Waals surface area contributed by atoms with Gasteiger partial charge in [0.25, 0.3) is 5.91 Å². The number of halogens is 2.